The van der Waals surface area contributed by atoms with Crippen LogP contribution in [0.2, 0.25) is 0 Å². The number of nitro benzene ring substituents is 1. The topological polar surface area (TPSA) is 108 Å². The lowest BCUT2D eigenvalue weighted by atomic mass is 9.82. The number of nitrogens with zero attached hydrogens (tertiary/aromatic N) is 3. The van der Waals surface area contributed by atoms with E-state index in [2.05, 4.69) is 31.0 Å². The molecule has 0 spiro atoms. The first-order valence-electron chi connectivity index (χ1n) is 7.47. The molecular weight excluding hydrogens is 310 g/mol. The number of non-ortho nitro benzene ring substituents is 1. The van der Waals surface area contributed by atoms with Crippen molar-refractivity contribution in [3.8, 4) is 11.5 Å². The average molecular weight is 329 g/mol. The van der Waals surface area contributed by atoms with Crippen LogP contribution in [0.25, 0.3) is 0 Å². The van der Waals surface area contributed by atoms with E-state index in [-0.39, 0.29) is 34.0 Å². The Hall–Kier alpha value is -2.96. The first kappa shape index (κ1) is 17.4. The van der Waals surface area contributed by atoms with Gasteiger partial charge in [0.2, 0.25) is 0 Å². The van der Waals surface area contributed by atoms with Crippen molar-refractivity contribution in [3.05, 3.63) is 52.1 Å². The molecule has 0 aliphatic rings. The monoisotopic (exact) mass is 329 g/mol. The first-order valence-corrected chi connectivity index (χ1v) is 7.47. The average Bonchev–Trinajstić information content (AvgIpc) is 2.54. The van der Waals surface area contributed by atoms with Crippen LogP contribution >= 0.6 is 0 Å². The lowest BCUT2D eigenvalue weighted by Crippen LogP contribution is -2.14. The molecule has 0 aromatic heterocycles. The van der Waals surface area contributed by atoms with Crippen LogP contribution < -0.4 is 0 Å². The molecule has 0 saturated heterocycles. The Kier molecular flexibility index (Phi) is 4.82. The highest BCUT2D eigenvalue weighted by Gasteiger charge is 2.19. The number of phenolic OH excluding ortho intramolecular Hbond substituents is 2. The fourth-order valence-electron chi connectivity index (χ4n) is 2.04. The maximum Gasteiger partial charge on any atom is 0.271 e. The van der Waals surface area contributed by atoms with Gasteiger partial charge in [0.25, 0.3) is 5.69 Å². The number of rotatable bonds is 5. The standard InChI is InChI=1S/C17H19N3O4/c1-4-17(2,3)11-5-7-15(21)13(9-11)18-19-14-10-12(20(23)24)6-8-16(14)22/h5-10,21-22H,4H2,1-3H3. The summed E-state index contributed by atoms with van der Waals surface area (Å²) in [5, 5.41) is 38.3. The third kappa shape index (κ3) is 3.68. The Morgan fingerprint density at radius 2 is 1.58 bits per heavy atom. The normalized spacial score (nSPS) is 11.8. The van der Waals surface area contributed by atoms with Crippen molar-refractivity contribution >= 4 is 17.1 Å². The molecule has 0 unspecified atom stereocenters. The van der Waals surface area contributed by atoms with Gasteiger partial charge in [0.15, 0.2) is 0 Å². The predicted molar refractivity (Wildman–Crippen MR) is 90.4 cm³/mol. The second-order valence-electron chi connectivity index (χ2n) is 6.07. The summed E-state index contributed by atoms with van der Waals surface area (Å²) in [5.74, 6) is -0.284. The number of hydrogen-bond acceptors (Lipinski definition) is 6. The van der Waals surface area contributed by atoms with Crippen molar-refractivity contribution in [1.29, 1.82) is 0 Å². The van der Waals surface area contributed by atoms with Gasteiger partial charge in [0, 0.05) is 12.1 Å². The van der Waals surface area contributed by atoms with Gasteiger partial charge in [-0.05, 0) is 35.6 Å². The summed E-state index contributed by atoms with van der Waals surface area (Å²) in [6.07, 6.45) is 0.903. The molecule has 0 saturated carbocycles. The summed E-state index contributed by atoms with van der Waals surface area (Å²) in [7, 11) is 0. The summed E-state index contributed by atoms with van der Waals surface area (Å²) in [4.78, 5) is 10.2. The van der Waals surface area contributed by atoms with Gasteiger partial charge < -0.3 is 10.2 Å². The first-order chi connectivity index (χ1) is 11.2. The SMILES string of the molecule is CCC(C)(C)c1ccc(O)c(N=Nc2cc([N+](=O)[O-])ccc2O)c1. The van der Waals surface area contributed by atoms with E-state index in [1.807, 2.05) is 6.07 Å². The van der Waals surface area contributed by atoms with Gasteiger partial charge in [-0.3, -0.25) is 10.1 Å². The zero-order valence-corrected chi connectivity index (χ0v) is 13.7. The molecule has 0 atom stereocenters. The van der Waals surface area contributed by atoms with E-state index in [4.69, 9.17) is 0 Å². The molecule has 0 radical (unpaired) electrons. The fourth-order valence-corrected chi connectivity index (χ4v) is 2.04. The minimum absolute atomic E-state index is 0.0382. The zero-order chi connectivity index (χ0) is 17.9. The highest BCUT2D eigenvalue weighted by atomic mass is 16.6. The quantitative estimate of drug-likeness (QED) is 0.451. The molecule has 24 heavy (non-hydrogen) atoms. The molecule has 2 aromatic rings. The van der Waals surface area contributed by atoms with Gasteiger partial charge in [-0.1, -0.05) is 26.8 Å². The Labute approximate surface area is 139 Å². The van der Waals surface area contributed by atoms with E-state index in [9.17, 15) is 20.3 Å². The molecule has 7 nitrogen and oxygen atoms in total. The van der Waals surface area contributed by atoms with E-state index in [1.165, 1.54) is 18.2 Å². The molecule has 2 rings (SSSR count). The predicted octanol–water partition coefficient (Wildman–Crippen LogP) is 5.11. The number of aromatic hydroxyl groups is 2. The second kappa shape index (κ2) is 6.66. The highest BCUT2D eigenvalue weighted by Crippen LogP contribution is 2.37. The molecule has 0 aliphatic carbocycles. The van der Waals surface area contributed by atoms with Crippen molar-refractivity contribution in [3.63, 3.8) is 0 Å². The number of azo groups is 1. The number of phenols is 2. The lowest BCUT2D eigenvalue weighted by Gasteiger charge is -2.23. The number of nitro groups is 1. The summed E-state index contributed by atoms with van der Waals surface area (Å²) in [5.41, 5.74) is 0.890. The minimum atomic E-state index is -0.583. The maximum absolute atomic E-state index is 10.8. The molecule has 0 fully saturated rings. The van der Waals surface area contributed by atoms with Crippen LogP contribution in [0.1, 0.15) is 32.8 Å². The Balaban J connectivity index is 2.41. The highest BCUT2D eigenvalue weighted by molar-refractivity contribution is 5.58. The van der Waals surface area contributed by atoms with Gasteiger partial charge in [-0.15, -0.1) is 10.2 Å². The van der Waals surface area contributed by atoms with Crippen LogP contribution in [0.15, 0.2) is 46.6 Å². The van der Waals surface area contributed by atoms with Gasteiger partial charge >= 0.3 is 0 Å². The van der Waals surface area contributed by atoms with Crippen LogP contribution in [-0.2, 0) is 5.41 Å². The van der Waals surface area contributed by atoms with Crippen LogP contribution in [0.4, 0.5) is 17.1 Å². The van der Waals surface area contributed by atoms with Gasteiger partial charge in [-0.2, -0.15) is 0 Å². The summed E-state index contributed by atoms with van der Waals surface area (Å²) in [6, 6.07) is 8.56. The van der Waals surface area contributed by atoms with Gasteiger partial charge in [0.1, 0.15) is 22.9 Å². The van der Waals surface area contributed by atoms with Gasteiger partial charge in [0.05, 0.1) is 4.92 Å². The molecule has 0 aliphatic heterocycles. The summed E-state index contributed by atoms with van der Waals surface area (Å²) >= 11 is 0. The molecule has 0 amide bonds. The van der Waals surface area contributed by atoms with E-state index in [0.717, 1.165) is 18.1 Å². The van der Waals surface area contributed by atoms with E-state index >= 15 is 0 Å². The molecule has 126 valence electrons. The van der Waals surface area contributed by atoms with E-state index < -0.39 is 4.92 Å². The Morgan fingerprint density at radius 1 is 1.04 bits per heavy atom. The smallest absolute Gasteiger partial charge is 0.271 e. The Morgan fingerprint density at radius 3 is 2.12 bits per heavy atom. The lowest BCUT2D eigenvalue weighted by molar-refractivity contribution is -0.384. The molecule has 2 N–H and O–H groups in total. The molecular formula is C17H19N3O4. The van der Waals surface area contributed by atoms with Crippen LogP contribution in [-0.4, -0.2) is 15.1 Å². The fraction of sp³-hybridized carbons (Fsp3) is 0.294. The van der Waals surface area contributed by atoms with Gasteiger partial charge in [-0.25, -0.2) is 0 Å². The number of benzene rings is 2. The molecule has 0 heterocycles. The largest absolute Gasteiger partial charge is 0.506 e. The maximum atomic E-state index is 10.8. The van der Waals surface area contributed by atoms with Crippen molar-refractivity contribution in [2.75, 3.05) is 0 Å². The van der Waals surface area contributed by atoms with Crippen molar-refractivity contribution in [2.24, 2.45) is 10.2 Å². The third-order valence-corrected chi connectivity index (χ3v) is 4.08. The van der Waals surface area contributed by atoms with Crippen molar-refractivity contribution < 1.29 is 15.1 Å². The van der Waals surface area contributed by atoms with Crippen LogP contribution in [0.5, 0.6) is 11.5 Å². The minimum Gasteiger partial charge on any atom is -0.506 e. The third-order valence-electron chi connectivity index (χ3n) is 4.08. The summed E-state index contributed by atoms with van der Waals surface area (Å²) < 4.78 is 0. The van der Waals surface area contributed by atoms with E-state index in [0.29, 0.717) is 0 Å². The molecule has 7 heteroatoms. The zero-order valence-electron chi connectivity index (χ0n) is 13.7. The van der Waals surface area contributed by atoms with E-state index in [1.54, 1.807) is 6.07 Å². The number of hydrogen-bond donors (Lipinski definition) is 2. The van der Waals surface area contributed by atoms with Crippen molar-refractivity contribution in [1.82, 2.24) is 0 Å². The second-order valence-corrected chi connectivity index (χ2v) is 6.07. The molecule has 0 bridgehead atoms. The Bertz CT molecular complexity index is 800. The van der Waals surface area contributed by atoms with Crippen LogP contribution in [0.3, 0.4) is 0 Å². The van der Waals surface area contributed by atoms with Crippen molar-refractivity contribution in [2.45, 2.75) is 32.6 Å². The summed E-state index contributed by atoms with van der Waals surface area (Å²) in [6.45, 7) is 6.22. The molecule has 2 aromatic carbocycles. The van der Waals surface area contributed by atoms with Crippen LogP contribution in [0, 0.1) is 10.1 Å².